The zero-order valence-electron chi connectivity index (χ0n) is 30.6. The predicted molar refractivity (Wildman–Crippen MR) is 178 cm³/mol. The highest BCUT2D eigenvalue weighted by molar-refractivity contribution is 5.78. The zero-order valence-corrected chi connectivity index (χ0v) is 30.6. The number of aliphatic hydroxyl groups is 5. The summed E-state index contributed by atoms with van der Waals surface area (Å²) in [7, 11) is 0. The maximum atomic E-state index is 13.7. The molecule has 11 heteroatoms. The van der Waals surface area contributed by atoms with Crippen LogP contribution in [-0.4, -0.2) is 97.7 Å². The minimum atomic E-state index is -1.52. The molecule has 6 N–H and O–H groups in total. The number of hydrogen-bond acceptors (Lipinski definition) is 10. The lowest BCUT2D eigenvalue weighted by molar-refractivity contribution is -0.326. The van der Waals surface area contributed by atoms with Gasteiger partial charge >= 0.3 is 11.9 Å². The van der Waals surface area contributed by atoms with Gasteiger partial charge in [0.1, 0.15) is 31.0 Å². The standard InChI is InChI=1S/C38H62O11/c1-20(8-11-26(40)34(5,6)46)22-12-15-38(32(44)45)25-10-9-24-33(3,4)27(13-14-36(24)19-37(25,36)17-16-35(22,38)7)49-31-30(43)29(42)28(41)23(48-31)18-47-21(2)39/h20,22-31,40-43,46H,8-19H2,1-7H3,(H,44,45). The zero-order chi connectivity index (χ0) is 36.1. The number of carboxylic acid groups (broad SMARTS) is 1. The lowest BCUT2D eigenvalue weighted by Gasteiger charge is -2.63. The van der Waals surface area contributed by atoms with Gasteiger partial charge in [-0.1, -0.05) is 27.7 Å². The van der Waals surface area contributed by atoms with E-state index < -0.39 is 59.8 Å². The summed E-state index contributed by atoms with van der Waals surface area (Å²) in [6.45, 7) is 13.1. The largest absolute Gasteiger partial charge is 0.481 e. The number of carbonyl (C=O) groups excluding carboxylic acids is 1. The Morgan fingerprint density at radius 1 is 0.898 bits per heavy atom. The molecule has 0 aromatic heterocycles. The topological polar surface area (TPSA) is 183 Å². The van der Waals surface area contributed by atoms with Crippen LogP contribution < -0.4 is 0 Å². The third-order valence-corrected chi connectivity index (χ3v) is 15.7. The summed E-state index contributed by atoms with van der Waals surface area (Å²) in [5.41, 5.74) is -2.63. The van der Waals surface area contributed by atoms with Crippen LogP contribution in [0.5, 0.6) is 0 Å². The summed E-state index contributed by atoms with van der Waals surface area (Å²) in [5, 5.41) is 64.0. The lowest BCUT2D eigenvalue weighted by Crippen LogP contribution is -2.63. The molecule has 0 amide bonds. The predicted octanol–water partition coefficient (Wildman–Crippen LogP) is 3.79. The van der Waals surface area contributed by atoms with Gasteiger partial charge in [-0.25, -0.2) is 0 Å². The first-order valence-electron chi connectivity index (χ1n) is 18.8. The number of rotatable bonds is 10. The molecule has 2 spiro atoms. The van der Waals surface area contributed by atoms with Gasteiger partial charge in [0.25, 0.3) is 0 Å². The second-order valence-corrected chi connectivity index (χ2v) is 18.5. The Bertz CT molecular complexity index is 1280. The van der Waals surface area contributed by atoms with Crippen molar-refractivity contribution in [2.75, 3.05) is 6.61 Å². The van der Waals surface area contributed by atoms with Crippen molar-refractivity contribution in [3.8, 4) is 0 Å². The van der Waals surface area contributed by atoms with Crippen molar-refractivity contribution in [3.05, 3.63) is 0 Å². The fourth-order valence-electron chi connectivity index (χ4n) is 13.1. The van der Waals surface area contributed by atoms with Crippen molar-refractivity contribution in [2.45, 2.75) is 168 Å². The molecular weight excluding hydrogens is 632 g/mol. The molecule has 280 valence electrons. The second-order valence-electron chi connectivity index (χ2n) is 18.5. The summed E-state index contributed by atoms with van der Waals surface area (Å²) in [6.07, 6.45) is 1.28. The number of aliphatic carboxylic acids is 1. The van der Waals surface area contributed by atoms with E-state index in [-0.39, 0.29) is 58.0 Å². The first kappa shape index (κ1) is 37.4. The Balaban J connectivity index is 1.20. The molecule has 15 atom stereocenters. The average Bonchev–Trinajstić information content (AvgIpc) is 3.57. The van der Waals surface area contributed by atoms with E-state index in [4.69, 9.17) is 14.2 Å². The van der Waals surface area contributed by atoms with Crippen molar-refractivity contribution < 1.29 is 54.4 Å². The number of hydrogen-bond donors (Lipinski definition) is 6. The van der Waals surface area contributed by atoms with Gasteiger partial charge in [-0.15, -0.1) is 0 Å². The first-order chi connectivity index (χ1) is 22.7. The number of fused-ring (bicyclic) bond motifs is 2. The van der Waals surface area contributed by atoms with Crippen molar-refractivity contribution >= 4 is 11.9 Å². The van der Waals surface area contributed by atoms with Gasteiger partial charge in [-0.2, -0.15) is 0 Å². The van der Waals surface area contributed by atoms with Gasteiger partial charge in [0, 0.05) is 6.92 Å². The molecule has 0 aromatic rings. The lowest BCUT2D eigenvalue weighted by atomic mass is 9.41. The summed E-state index contributed by atoms with van der Waals surface area (Å²) in [5.74, 6) is -0.323. The first-order valence-corrected chi connectivity index (χ1v) is 18.8. The normalized spacial score (nSPS) is 48.3. The van der Waals surface area contributed by atoms with Crippen molar-refractivity contribution in [2.24, 2.45) is 50.7 Å². The molecule has 15 unspecified atom stereocenters. The van der Waals surface area contributed by atoms with E-state index in [2.05, 4.69) is 27.7 Å². The smallest absolute Gasteiger partial charge is 0.310 e. The molecule has 0 bridgehead atoms. The van der Waals surface area contributed by atoms with Crippen LogP contribution in [0.25, 0.3) is 0 Å². The van der Waals surface area contributed by atoms with Crippen molar-refractivity contribution in [3.63, 3.8) is 0 Å². The molecule has 1 saturated heterocycles. The Labute approximate surface area is 291 Å². The highest BCUT2D eigenvalue weighted by Gasteiger charge is 2.84. The van der Waals surface area contributed by atoms with Gasteiger partial charge in [0.05, 0.1) is 23.2 Å². The van der Waals surface area contributed by atoms with Crippen molar-refractivity contribution in [1.29, 1.82) is 0 Å². The summed E-state index contributed by atoms with van der Waals surface area (Å²) in [4.78, 5) is 25.1. The van der Waals surface area contributed by atoms with Crippen LogP contribution in [0.15, 0.2) is 0 Å². The van der Waals surface area contributed by atoms with E-state index in [9.17, 15) is 40.2 Å². The van der Waals surface area contributed by atoms with E-state index in [1.54, 1.807) is 13.8 Å². The monoisotopic (exact) mass is 694 g/mol. The maximum Gasteiger partial charge on any atom is 0.310 e. The minimum absolute atomic E-state index is 0.0262. The number of esters is 1. The maximum absolute atomic E-state index is 13.7. The van der Waals surface area contributed by atoms with Gasteiger partial charge in [-0.3, -0.25) is 9.59 Å². The molecule has 6 rings (SSSR count). The SMILES string of the molecule is CC(=O)OCC1OC(OC2CCC34CC35CCC3(C)C(C(C)CCC(O)C(C)(C)O)CCC3(C(=O)O)C5CCC4C2(C)C)C(O)C(O)C1O. The molecule has 0 aromatic carbocycles. The fraction of sp³-hybridized carbons (Fsp3) is 0.947. The molecule has 5 aliphatic carbocycles. The van der Waals surface area contributed by atoms with Gasteiger partial charge in [0.15, 0.2) is 6.29 Å². The van der Waals surface area contributed by atoms with E-state index in [0.29, 0.717) is 19.3 Å². The molecule has 1 aliphatic heterocycles. The van der Waals surface area contributed by atoms with Crippen LogP contribution >= 0.6 is 0 Å². The number of ether oxygens (including phenoxy) is 3. The third kappa shape index (κ3) is 5.45. The molecular formula is C38H62O11. The van der Waals surface area contributed by atoms with Gasteiger partial charge in [-0.05, 0) is 130 Å². The fourth-order valence-corrected chi connectivity index (χ4v) is 13.1. The summed E-state index contributed by atoms with van der Waals surface area (Å²) in [6, 6.07) is 0. The summed E-state index contributed by atoms with van der Waals surface area (Å²) >= 11 is 0. The molecule has 0 radical (unpaired) electrons. The Hall–Kier alpha value is -1.34. The highest BCUT2D eigenvalue weighted by Crippen LogP contribution is 2.89. The van der Waals surface area contributed by atoms with Crippen LogP contribution in [0.4, 0.5) is 0 Å². The van der Waals surface area contributed by atoms with E-state index in [1.807, 2.05) is 0 Å². The minimum Gasteiger partial charge on any atom is -0.481 e. The molecule has 5 saturated carbocycles. The number of carboxylic acids is 1. The Morgan fingerprint density at radius 2 is 1.55 bits per heavy atom. The van der Waals surface area contributed by atoms with Crippen LogP contribution in [0.1, 0.15) is 119 Å². The van der Waals surface area contributed by atoms with Gasteiger partial charge < -0.3 is 44.8 Å². The van der Waals surface area contributed by atoms with Crippen LogP contribution in [-0.2, 0) is 23.8 Å². The van der Waals surface area contributed by atoms with Crippen molar-refractivity contribution in [1.82, 2.24) is 0 Å². The van der Waals surface area contributed by atoms with E-state index in [1.165, 1.54) is 6.92 Å². The average molecular weight is 695 g/mol. The molecule has 6 aliphatic rings. The number of carbonyl (C=O) groups is 2. The van der Waals surface area contributed by atoms with Crippen LogP contribution in [0, 0.1) is 50.7 Å². The van der Waals surface area contributed by atoms with Crippen LogP contribution in [0.3, 0.4) is 0 Å². The second kappa shape index (κ2) is 12.4. The molecule has 11 nitrogen and oxygen atoms in total. The molecule has 6 fully saturated rings. The van der Waals surface area contributed by atoms with Gasteiger partial charge in [0.2, 0.25) is 0 Å². The summed E-state index contributed by atoms with van der Waals surface area (Å²) < 4.78 is 17.4. The van der Waals surface area contributed by atoms with Crippen LogP contribution in [0.2, 0.25) is 0 Å². The Kier molecular flexibility index (Phi) is 9.45. The van der Waals surface area contributed by atoms with E-state index >= 15 is 0 Å². The molecule has 1 heterocycles. The van der Waals surface area contributed by atoms with E-state index in [0.717, 1.165) is 51.4 Å². The molecule has 49 heavy (non-hydrogen) atoms. The Morgan fingerprint density at radius 3 is 2.18 bits per heavy atom. The quantitative estimate of drug-likeness (QED) is 0.145. The highest BCUT2D eigenvalue weighted by atomic mass is 16.7. The number of aliphatic hydroxyl groups excluding tert-OH is 4. The third-order valence-electron chi connectivity index (χ3n) is 15.7.